The highest BCUT2D eigenvalue weighted by atomic mass is 32.2. The Kier molecular flexibility index (Phi) is 5.71. The molecular weight excluding hydrogens is 440 g/mol. The van der Waals surface area contributed by atoms with Gasteiger partial charge in [0, 0.05) is 41.6 Å². The second kappa shape index (κ2) is 8.98. The normalized spacial score (nSPS) is 20.7. The van der Waals surface area contributed by atoms with E-state index < -0.39 is 0 Å². The number of aromatic nitrogens is 5. The van der Waals surface area contributed by atoms with Crippen molar-refractivity contribution in [1.29, 1.82) is 0 Å². The second-order valence-corrected chi connectivity index (χ2v) is 10.2. The molecule has 2 aliphatic heterocycles. The minimum atomic E-state index is -0.288. The number of ether oxygens (including phenoxy) is 2. The van der Waals surface area contributed by atoms with E-state index in [0.29, 0.717) is 36.3 Å². The van der Waals surface area contributed by atoms with E-state index in [4.69, 9.17) is 9.47 Å². The molecule has 0 bridgehead atoms. The summed E-state index contributed by atoms with van der Waals surface area (Å²) in [4.78, 5) is 18.9. The first-order chi connectivity index (χ1) is 16.3. The summed E-state index contributed by atoms with van der Waals surface area (Å²) in [5.41, 5.74) is 1.31. The van der Waals surface area contributed by atoms with Crippen molar-refractivity contribution in [3.63, 3.8) is 0 Å². The van der Waals surface area contributed by atoms with Crippen LogP contribution >= 0.6 is 11.8 Å². The van der Waals surface area contributed by atoms with Gasteiger partial charge in [-0.25, -0.2) is 4.68 Å². The van der Waals surface area contributed by atoms with Crippen LogP contribution in [0.4, 0.5) is 0 Å². The molecule has 6 rings (SSSR count). The number of thioether (sulfide) groups is 1. The van der Waals surface area contributed by atoms with Crippen molar-refractivity contribution in [2.45, 2.75) is 44.2 Å². The summed E-state index contributed by atoms with van der Waals surface area (Å²) in [6.45, 7) is 2.83. The third kappa shape index (κ3) is 3.99. The second-order valence-electron chi connectivity index (χ2n) is 8.96. The Morgan fingerprint density at radius 3 is 2.58 bits per heavy atom. The minimum Gasteiger partial charge on any atom is -0.486 e. The molecule has 1 N–H and O–H groups in total. The molecule has 0 radical (unpaired) electrons. The number of tetrazole rings is 1. The summed E-state index contributed by atoms with van der Waals surface area (Å²) in [7, 11) is 0. The molecule has 174 valence electrons. The van der Waals surface area contributed by atoms with Crippen molar-refractivity contribution in [1.82, 2.24) is 30.1 Å². The molecule has 1 atom stereocenters. The SMILES string of the molecule is O=c1[nH]c2cc3c(cc2cc1[C@H](c1nnnn1C1CCCCC1)N1CCSCC1)OCCO3. The van der Waals surface area contributed by atoms with Crippen molar-refractivity contribution < 1.29 is 9.47 Å². The standard InChI is InChI=1S/C23H28N6O3S/c30-23-17(12-15-13-19-20(14-18(15)24-23)32-9-8-31-19)21(28-6-10-33-11-7-28)22-25-26-27-29(22)16-4-2-1-3-5-16/h12-14,16,21H,1-11H2,(H,24,30)/t21-/m1/s1. The molecule has 0 unspecified atom stereocenters. The van der Waals surface area contributed by atoms with E-state index >= 15 is 0 Å². The van der Waals surface area contributed by atoms with Crippen LogP contribution in [0.2, 0.25) is 0 Å². The van der Waals surface area contributed by atoms with Crippen molar-refractivity contribution in [2.24, 2.45) is 0 Å². The third-order valence-corrected chi connectivity index (χ3v) is 7.87. The fourth-order valence-corrected chi connectivity index (χ4v) is 6.20. The van der Waals surface area contributed by atoms with Crippen molar-refractivity contribution in [3.05, 3.63) is 39.9 Å². The van der Waals surface area contributed by atoms with Crippen molar-refractivity contribution in [3.8, 4) is 11.5 Å². The molecule has 33 heavy (non-hydrogen) atoms. The number of H-pyrrole nitrogens is 1. The van der Waals surface area contributed by atoms with Gasteiger partial charge in [-0.3, -0.25) is 9.69 Å². The molecular formula is C23H28N6O3S. The molecule has 2 aromatic heterocycles. The van der Waals surface area contributed by atoms with Gasteiger partial charge in [0.25, 0.3) is 5.56 Å². The van der Waals surface area contributed by atoms with Gasteiger partial charge in [-0.05, 0) is 35.4 Å². The van der Waals surface area contributed by atoms with E-state index in [1.807, 2.05) is 34.6 Å². The Labute approximate surface area is 195 Å². The van der Waals surface area contributed by atoms with E-state index in [1.165, 1.54) is 19.3 Å². The number of pyridine rings is 1. The van der Waals surface area contributed by atoms with Crippen LogP contribution in [0.15, 0.2) is 23.0 Å². The van der Waals surface area contributed by atoms with Crippen LogP contribution in [-0.2, 0) is 0 Å². The van der Waals surface area contributed by atoms with E-state index in [2.05, 4.69) is 25.4 Å². The molecule has 0 spiro atoms. The molecule has 9 nitrogen and oxygen atoms in total. The van der Waals surface area contributed by atoms with Crippen LogP contribution in [0, 0.1) is 0 Å². The number of rotatable bonds is 4. The lowest BCUT2D eigenvalue weighted by Gasteiger charge is -2.34. The lowest BCUT2D eigenvalue weighted by Crippen LogP contribution is -2.40. The first kappa shape index (κ1) is 21.0. The molecule has 2 fully saturated rings. The van der Waals surface area contributed by atoms with Gasteiger partial charge in [0.15, 0.2) is 17.3 Å². The van der Waals surface area contributed by atoms with E-state index in [1.54, 1.807) is 0 Å². The highest BCUT2D eigenvalue weighted by Gasteiger charge is 2.33. The maximum atomic E-state index is 13.4. The predicted molar refractivity (Wildman–Crippen MR) is 126 cm³/mol. The smallest absolute Gasteiger partial charge is 0.253 e. The number of hydrogen-bond donors (Lipinski definition) is 1. The number of hydrogen-bond acceptors (Lipinski definition) is 8. The van der Waals surface area contributed by atoms with Gasteiger partial charge < -0.3 is 14.5 Å². The third-order valence-electron chi connectivity index (χ3n) is 6.92. The first-order valence-electron chi connectivity index (χ1n) is 11.8. The number of aromatic amines is 1. The summed E-state index contributed by atoms with van der Waals surface area (Å²) in [5, 5.41) is 13.9. The summed E-state index contributed by atoms with van der Waals surface area (Å²) in [6, 6.07) is 5.80. The fraction of sp³-hybridized carbons (Fsp3) is 0.565. The average Bonchev–Trinajstić information content (AvgIpc) is 3.34. The Hall–Kier alpha value is -2.59. The molecule has 1 aromatic carbocycles. The van der Waals surface area contributed by atoms with Crippen LogP contribution in [-0.4, -0.2) is 67.9 Å². The predicted octanol–water partition coefficient (Wildman–Crippen LogP) is 2.93. The van der Waals surface area contributed by atoms with Gasteiger partial charge >= 0.3 is 0 Å². The molecule has 4 heterocycles. The number of benzene rings is 1. The molecule has 3 aliphatic rings. The van der Waals surface area contributed by atoms with E-state index in [9.17, 15) is 4.79 Å². The number of nitrogens with zero attached hydrogens (tertiary/aromatic N) is 5. The summed E-state index contributed by atoms with van der Waals surface area (Å²) in [6.07, 6.45) is 5.81. The molecule has 0 amide bonds. The van der Waals surface area contributed by atoms with Gasteiger partial charge in [-0.2, -0.15) is 11.8 Å². The van der Waals surface area contributed by atoms with Crippen LogP contribution in [0.5, 0.6) is 11.5 Å². The van der Waals surface area contributed by atoms with Gasteiger partial charge in [0.05, 0.1) is 11.6 Å². The van der Waals surface area contributed by atoms with Crippen LogP contribution < -0.4 is 15.0 Å². The lowest BCUT2D eigenvalue weighted by molar-refractivity contribution is 0.172. The Morgan fingerprint density at radius 2 is 1.79 bits per heavy atom. The van der Waals surface area contributed by atoms with Crippen molar-refractivity contribution in [2.75, 3.05) is 37.8 Å². The maximum Gasteiger partial charge on any atom is 0.253 e. The Bertz CT molecular complexity index is 1200. The number of fused-ring (bicyclic) bond motifs is 2. The zero-order valence-electron chi connectivity index (χ0n) is 18.5. The Morgan fingerprint density at radius 1 is 1.03 bits per heavy atom. The van der Waals surface area contributed by atoms with Crippen LogP contribution in [0.3, 0.4) is 0 Å². The first-order valence-corrected chi connectivity index (χ1v) is 13.0. The topological polar surface area (TPSA) is 98.2 Å². The van der Waals surface area contributed by atoms with Gasteiger partial charge in [-0.1, -0.05) is 19.3 Å². The molecule has 1 saturated carbocycles. The molecule has 1 saturated heterocycles. The molecule has 3 aromatic rings. The average molecular weight is 469 g/mol. The highest BCUT2D eigenvalue weighted by molar-refractivity contribution is 7.99. The monoisotopic (exact) mass is 468 g/mol. The quantitative estimate of drug-likeness (QED) is 0.624. The van der Waals surface area contributed by atoms with Crippen molar-refractivity contribution >= 4 is 22.7 Å². The molecule has 10 heteroatoms. The van der Waals surface area contributed by atoms with Gasteiger partial charge in [0.2, 0.25) is 0 Å². The van der Waals surface area contributed by atoms with E-state index in [0.717, 1.165) is 54.2 Å². The van der Waals surface area contributed by atoms with Gasteiger partial charge in [-0.15, -0.1) is 5.10 Å². The fourth-order valence-electron chi connectivity index (χ4n) is 5.26. The highest BCUT2D eigenvalue weighted by Crippen LogP contribution is 2.36. The van der Waals surface area contributed by atoms with Crippen LogP contribution in [0.25, 0.3) is 10.9 Å². The maximum absolute atomic E-state index is 13.4. The van der Waals surface area contributed by atoms with Gasteiger partial charge in [0.1, 0.15) is 19.3 Å². The van der Waals surface area contributed by atoms with E-state index in [-0.39, 0.29) is 11.6 Å². The largest absolute Gasteiger partial charge is 0.486 e. The summed E-state index contributed by atoms with van der Waals surface area (Å²) < 4.78 is 13.5. The zero-order valence-corrected chi connectivity index (χ0v) is 19.4. The summed E-state index contributed by atoms with van der Waals surface area (Å²) >= 11 is 1.95. The lowest BCUT2D eigenvalue weighted by atomic mass is 9.95. The van der Waals surface area contributed by atoms with Crippen LogP contribution in [0.1, 0.15) is 55.6 Å². The number of nitrogens with one attached hydrogen (secondary N) is 1. The Balaban J connectivity index is 1.47. The zero-order chi connectivity index (χ0) is 22.2. The molecule has 1 aliphatic carbocycles. The summed E-state index contributed by atoms with van der Waals surface area (Å²) in [5.74, 6) is 4.22. The minimum absolute atomic E-state index is 0.111.